The van der Waals surface area contributed by atoms with Gasteiger partial charge in [0.1, 0.15) is 0 Å². The van der Waals surface area contributed by atoms with Crippen LogP contribution in [0.25, 0.3) is 0 Å². The van der Waals surface area contributed by atoms with Gasteiger partial charge in [-0.1, -0.05) is 0 Å². The molecule has 2 rings (SSSR count). The highest BCUT2D eigenvalue weighted by Crippen LogP contribution is 2.34. The van der Waals surface area contributed by atoms with Gasteiger partial charge in [-0.05, 0) is 37.5 Å². The molecule has 1 aromatic rings. The molecular formula is C14H16F3N3. The van der Waals surface area contributed by atoms with Crippen LogP contribution in [0, 0.1) is 11.3 Å². The zero-order chi connectivity index (χ0) is 14.8. The monoisotopic (exact) mass is 283 g/mol. The molecule has 0 radical (unpaired) electrons. The van der Waals surface area contributed by atoms with Crippen LogP contribution in [-0.2, 0) is 6.18 Å². The number of nitriles is 1. The lowest BCUT2D eigenvalue weighted by atomic mass is 9.99. The number of anilines is 1. The molecular weight excluding hydrogens is 267 g/mol. The Kier molecular flexibility index (Phi) is 4.19. The van der Waals surface area contributed by atoms with E-state index >= 15 is 0 Å². The summed E-state index contributed by atoms with van der Waals surface area (Å²) in [6.07, 6.45) is -1.51. The van der Waals surface area contributed by atoms with Crippen molar-refractivity contribution in [3.63, 3.8) is 0 Å². The number of rotatable bonds is 2. The lowest BCUT2D eigenvalue weighted by molar-refractivity contribution is -0.137. The lowest BCUT2D eigenvalue weighted by Crippen LogP contribution is -2.44. The summed E-state index contributed by atoms with van der Waals surface area (Å²) in [5, 5.41) is 8.93. The second-order valence-electron chi connectivity index (χ2n) is 4.92. The molecule has 0 bridgehead atoms. The summed E-state index contributed by atoms with van der Waals surface area (Å²) in [4.78, 5) is 2.00. The predicted molar refractivity (Wildman–Crippen MR) is 70.2 cm³/mol. The summed E-state index contributed by atoms with van der Waals surface area (Å²) >= 11 is 0. The quantitative estimate of drug-likeness (QED) is 0.908. The minimum absolute atomic E-state index is 0.132. The van der Waals surface area contributed by atoms with E-state index in [4.69, 9.17) is 11.0 Å². The molecule has 1 heterocycles. The first-order chi connectivity index (χ1) is 9.47. The number of piperidine rings is 1. The Bertz CT molecular complexity index is 519. The summed E-state index contributed by atoms with van der Waals surface area (Å²) in [7, 11) is 0. The van der Waals surface area contributed by atoms with Crippen molar-refractivity contribution in [1.82, 2.24) is 0 Å². The maximum Gasteiger partial charge on any atom is 0.417 e. The molecule has 20 heavy (non-hydrogen) atoms. The van der Waals surface area contributed by atoms with E-state index in [1.165, 1.54) is 12.1 Å². The van der Waals surface area contributed by atoms with Crippen LogP contribution in [0.2, 0.25) is 0 Å². The molecule has 1 atom stereocenters. The van der Waals surface area contributed by atoms with Crippen molar-refractivity contribution in [2.24, 2.45) is 5.73 Å². The normalized spacial score (nSPS) is 19.8. The number of alkyl halides is 3. The third-order valence-electron chi connectivity index (χ3n) is 3.66. The van der Waals surface area contributed by atoms with Gasteiger partial charge in [0.15, 0.2) is 0 Å². The van der Waals surface area contributed by atoms with Crippen LogP contribution in [0.4, 0.5) is 18.9 Å². The summed E-state index contributed by atoms with van der Waals surface area (Å²) in [5.41, 5.74) is 5.14. The number of benzene rings is 1. The average Bonchev–Trinajstić information content (AvgIpc) is 2.45. The van der Waals surface area contributed by atoms with Crippen molar-refractivity contribution in [1.29, 1.82) is 5.26 Å². The van der Waals surface area contributed by atoms with Crippen LogP contribution in [0.15, 0.2) is 18.2 Å². The van der Waals surface area contributed by atoms with Gasteiger partial charge in [0.2, 0.25) is 0 Å². The van der Waals surface area contributed by atoms with Gasteiger partial charge in [-0.15, -0.1) is 0 Å². The molecule has 1 aliphatic rings. The lowest BCUT2D eigenvalue weighted by Gasteiger charge is -2.37. The zero-order valence-corrected chi connectivity index (χ0v) is 11.0. The van der Waals surface area contributed by atoms with Gasteiger partial charge in [0, 0.05) is 24.8 Å². The van der Waals surface area contributed by atoms with E-state index in [9.17, 15) is 13.2 Å². The van der Waals surface area contributed by atoms with Crippen LogP contribution in [-0.4, -0.2) is 19.1 Å². The van der Waals surface area contributed by atoms with Crippen molar-refractivity contribution in [2.45, 2.75) is 31.5 Å². The fourth-order valence-corrected chi connectivity index (χ4v) is 2.64. The molecule has 3 nitrogen and oxygen atoms in total. The number of hydrogen-bond donors (Lipinski definition) is 1. The Morgan fingerprint density at radius 1 is 1.35 bits per heavy atom. The second kappa shape index (κ2) is 5.71. The highest BCUT2D eigenvalue weighted by molar-refractivity contribution is 5.56. The van der Waals surface area contributed by atoms with Crippen molar-refractivity contribution in [2.75, 3.05) is 18.0 Å². The van der Waals surface area contributed by atoms with Crippen molar-refractivity contribution < 1.29 is 13.2 Å². The zero-order valence-electron chi connectivity index (χ0n) is 11.0. The molecule has 2 N–H and O–H groups in total. The van der Waals surface area contributed by atoms with E-state index < -0.39 is 11.7 Å². The largest absolute Gasteiger partial charge is 0.417 e. The summed E-state index contributed by atoms with van der Waals surface area (Å²) in [6, 6.07) is 5.49. The smallest absolute Gasteiger partial charge is 0.367 e. The highest BCUT2D eigenvalue weighted by Gasteiger charge is 2.34. The Morgan fingerprint density at radius 3 is 2.70 bits per heavy atom. The van der Waals surface area contributed by atoms with Crippen molar-refractivity contribution >= 4 is 5.69 Å². The maximum atomic E-state index is 12.8. The number of nitrogens with zero attached hydrogens (tertiary/aromatic N) is 2. The van der Waals surface area contributed by atoms with Gasteiger partial charge in [-0.3, -0.25) is 0 Å². The number of hydrogen-bond acceptors (Lipinski definition) is 3. The first-order valence-corrected chi connectivity index (χ1v) is 6.55. The van der Waals surface area contributed by atoms with Gasteiger partial charge in [0.25, 0.3) is 0 Å². The van der Waals surface area contributed by atoms with Crippen LogP contribution in [0.1, 0.15) is 30.4 Å². The molecule has 1 fully saturated rings. The molecule has 0 aromatic heterocycles. The topological polar surface area (TPSA) is 53.0 Å². The Balaban J connectivity index is 2.37. The highest BCUT2D eigenvalue weighted by atomic mass is 19.4. The maximum absolute atomic E-state index is 12.8. The second-order valence-corrected chi connectivity index (χ2v) is 4.92. The summed E-state index contributed by atoms with van der Waals surface area (Å²) in [5.74, 6) is 0. The van der Waals surface area contributed by atoms with Crippen molar-refractivity contribution in [3.8, 4) is 6.07 Å². The van der Waals surface area contributed by atoms with E-state index in [0.29, 0.717) is 12.2 Å². The SMILES string of the molecule is N#Cc1cc(N2CCCCC2CN)ccc1C(F)(F)F. The molecule has 1 aliphatic heterocycles. The van der Waals surface area contributed by atoms with Gasteiger partial charge in [-0.2, -0.15) is 18.4 Å². The molecule has 0 saturated carbocycles. The molecule has 6 heteroatoms. The third kappa shape index (κ3) is 2.88. The number of nitrogens with two attached hydrogens (primary N) is 1. The van der Waals surface area contributed by atoms with Gasteiger partial charge in [-0.25, -0.2) is 0 Å². The van der Waals surface area contributed by atoms with Crippen molar-refractivity contribution in [3.05, 3.63) is 29.3 Å². The van der Waals surface area contributed by atoms with E-state index in [1.807, 2.05) is 4.90 Å². The third-order valence-corrected chi connectivity index (χ3v) is 3.66. The van der Waals surface area contributed by atoms with Crippen LogP contribution < -0.4 is 10.6 Å². The van der Waals surface area contributed by atoms with E-state index in [2.05, 4.69) is 0 Å². The minimum Gasteiger partial charge on any atom is -0.367 e. The fourth-order valence-electron chi connectivity index (χ4n) is 2.64. The molecule has 0 amide bonds. The van der Waals surface area contributed by atoms with Crippen LogP contribution >= 0.6 is 0 Å². The molecule has 1 unspecified atom stereocenters. The van der Waals surface area contributed by atoms with E-state index in [0.717, 1.165) is 31.9 Å². The van der Waals surface area contributed by atoms with Crippen LogP contribution in [0.3, 0.4) is 0 Å². The molecule has 0 aliphatic carbocycles. The Hall–Kier alpha value is -1.74. The average molecular weight is 283 g/mol. The predicted octanol–water partition coefficient (Wildman–Crippen LogP) is 2.89. The summed E-state index contributed by atoms with van der Waals surface area (Å²) < 4.78 is 38.3. The van der Waals surface area contributed by atoms with E-state index in [-0.39, 0.29) is 11.6 Å². The minimum atomic E-state index is -4.50. The molecule has 108 valence electrons. The Morgan fingerprint density at radius 2 is 2.10 bits per heavy atom. The number of halogens is 3. The first-order valence-electron chi connectivity index (χ1n) is 6.55. The fraction of sp³-hybridized carbons (Fsp3) is 0.500. The first kappa shape index (κ1) is 14.7. The Labute approximate surface area is 115 Å². The molecule has 1 aromatic carbocycles. The van der Waals surface area contributed by atoms with Gasteiger partial charge in [0.05, 0.1) is 17.2 Å². The van der Waals surface area contributed by atoms with E-state index in [1.54, 1.807) is 6.07 Å². The van der Waals surface area contributed by atoms with Gasteiger partial charge >= 0.3 is 6.18 Å². The van der Waals surface area contributed by atoms with Crippen LogP contribution in [0.5, 0.6) is 0 Å². The molecule has 0 spiro atoms. The molecule has 1 saturated heterocycles. The van der Waals surface area contributed by atoms with Gasteiger partial charge < -0.3 is 10.6 Å². The standard InChI is InChI=1S/C14H16F3N3/c15-14(16,17)13-5-4-11(7-10(13)8-18)20-6-2-1-3-12(20)9-19/h4-5,7,12H,1-3,6,9,19H2. The summed E-state index contributed by atoms with van der Waals surface area (Å²) in [6.45, 7) is 1.22.